The number of halogens is 3. The number of ether oxygens (including phenoxy) is 1. The molecule has 0 radical (unpaired) electrons. The fourth-order valence-electron chi connectivity index (χ4n) is 1.46. The molecule has 1 aromatic heterocycles. The van der Waals surface area contributed by atoms with Crippen molar-refractivity contribution in [1.29, 1.82) is 0 Å². The highest BCUT2D eigenvalue weighted by Gasteiger charge is 2.31. The average Bonchev–Trinajstić information content (AvgIpc) is 2.79. The zero-order valence-corrected chi connectivity index (χ0v) is 9.16. The molecule has 19 heavy (non-hydrogen) atoms. The number of hydrogen-bond donors (Lipinski definition) is 0. The minimum atomic E-state index is -4.86. The second-order valence-electron chi connectivity index (χ2n) is 3.43. The van der Waals surface area contributed by atoms with Crippen LogP contribution in [-0.2, 0) is 0 Å². The van der Waals surface area contributed by atoms with Gasteiger partial charge in [-0.3, -0.25) is 10.1 Å². The molecule has 2 rings (SSSR count). The predicted octanol–water partition coefficient (Wildman–Crippen LogP) is 2.68. The van der Waals surface area contributed by atoms with Crippen molar-refractivity contribution in [3.63, 3.8) is 0 Å². The lowest BCUT2D eigenvalue weighted by Crippen LogP contribution is -2.17. The quantitative estimate of drug-likeness (QED) is 0.636. The summed E-state index contributed by atoms with van der Waals surface area (Å²) >= 11 is 0. The van der Waals surface area contributed by atoms with Crippen LogP contribution in [0.25, 0.3) is 5.69 Å². The molecule has 1 aromatic carbocycles. The van der Waals surface area contributed by atoms with Gasteiger partial charge in [0.05, 0.1) is 11.3 Å². The Hall–Kier alpha value is -2.58. The summed E-state index contributed by atoms with van der Waals surface area (Å²) in [5.41, 5.74) is -0.420. The first-order valence-corrected chi connectivity index (χ1v) is 4.89. The van der Waals surface area contributed by atoms with Gasteiger partial charge in [0.2, 0.25) is 0 Å². The molecule has 0 unspecified atom stereocenters. The van der Waals surface area contributed by atoms with E-state index in [2.05, 4.69) is 9.72 Å². The molecule has 0 aliphatic carbocycles. The fraction of sp³-hybridized carbons (Fsp3) is 0.100. The highest BCUT2D eigenvalue weighted by atomic mass is 19.4. The smallest absolute Gasteiger partial charge is 0.406 e. The van der Waals surface area contributed by atoms with Gasteiger partial charge in [0, 0.05) is 24.5 Å². The summed E-state index contributed by atoms with van der Waals surface area (Å²) < 4.78 is 41.2. The predicted molar refractivity (Wildman–Crippen MR) is 56.9 cm³/mol. The first-order chi connectivity index (χ1) is 8.87. The van der Waals surface area contributed by atoms with E-state index in [4.69, 9.17) is 0 Å². The molecule has 0 saturated heterocycles. The van der Waals surface area contributed by atoms with E-state index in [0.717, 1.165) is 18.2 Å². The largest absolute Gasteiger partial charge is 0.573 e. The number of benzene rings is 1. The molecule has 100 valence electrons. The third kappa shape index (κ3) is 3.00. The second kappa shape index (κ2) is 4.59. The van der Waals surface area contributed by atoms with Crippen LogP contribution in [-0.4, -0.2) is 20.8 Å². The Morgan fingerprint density at radius 3 is 2.63 bits per heavy atom. The Kier molecular flexibility index (Phi) is 3.11. The monoisotopic (exact) mass is 273 g/mol. The lowest BCUT2D eigenvalue weighted by Gasteiger charge is -2.10. The van der Waals surface area contributed by atoms with Gasteiger partial charge in [-0.1, -0.05) is 0 Å². The summed E-state index contributed by atoms with van der Waals surface area (Å²) in [7, 11) is 0. The van der Waals surface area contributed by atoms with Crippen LogP contribution in [0.4, 0.5) is 18.9 Å². The fourth-order valence-corrected chi connectivity index (χ4v) is 1.46. The molecule has 0 spiro atoms. The van der Waals surface area contributed by atoms with E-state index in [-0.39, 0.29) is 11.4 Å². The minimum absolute atomic E-state index is 0.0655. The van der Waals surface area contributed by atoms with Gasteiger partial charge in [-0.15, -0.1) is 13.2 Å². The zero-order chi connectivity index (χ0) is 14.0. The number of rotatable bonds is 3. The number of nitro benzene ring substituents is 1. The van der Waals surface area contributed by atoms with E-state index in [1.165, 1.54) is 23.3 Å². The summed E-state index contributed by atoms with van der Waals surface area (Å²) in [5, 5.41) is 10.8. The van der Waals surface area contributed by atoms with E-state index >= 15 is 0 Å². The molecule has 6 nitrogen and oxygen atoms in total. The number of alkyl halides is 3. The molecule has 0 aliphatic heterocycles. The molecule has 0 bridgehead atoms. The molecule has 2 aromatic rings. The molecular formula is C10H6F3N3O3. The minimum Gasteiger partial charge on any atom is -0.406 e. The maximum atomic E-state index is 12.1. The first-order valence-electron chi connectivity index (χ1n) is 4.89. The van der Waals surface area contributed by atoms with Crippen molar-refractivity contribution < 1.29 is 22.8 Å². The van der Waals surface area contributed by atoms with Crippen molar-refractivity contribution in [2.45, 2.75) is 6.36 Å². The molecule has 0 amide bonds. The van der Waals surface area contributed by atoms with Crippen molar-refractivity contribution >= 4 is 5.69 Å². The Bertz CT molecular complexity index is 596. The van der Waals surface area contributed by atoms with Crippen LogP contribution < -0.4 is 4.74 Å². The van der Waals surface area contributed by atoms with Gasteiger partial charge < -0.3 is 9.30 Å². The summed E-state index contributed by atoms with van der Waals surface area (Å²) in [6, 6.07) is 2.75. The number of aromatic nitrogens is 2. The van der Waals surface area contributed by atoms with Crippen molar-refractivity contribution in [3.05, 3.63) is 47.0 Å². The Morgan fingerprint density at radius 1 is 1.37 bits per heavy atom. The average molecular weight is 273 g/mol. The van der Waals surface area contributed by atoms with Gasteiger partial charge in [-0.2, -0.15) is 0 Å². The van der Waals surface area contributed by atoms with Crippen LogP contribution in [0.3, 0.4) is 0 Å². The van der Waals surface area contributed by atoms with Crippen LogP contribution in [0.1, 0.15) is 0 Å². The third-order valence-electron chi connectivity index (χ3n) is 2.16. The van der Waals surface area contributed by atoms with Crippen molar-refractivity contribution in [2.75, 3.05) is 0 Å². The number of imidazole rings is 1. The molecule has 1 heterocycles. The van der Waals surface area contributed by atoms with E-state index in [1.54, 1.807) is 0 Å². The van der Waals surface area contributed by atoms with Crippen molar-refractivity contribution in [1.82, 2.24) is 9.55 Å². The first kappa shape index (κ1) is 12.9. The Labute approximate surface area is 104 Å². The zero-order valence-electron chi connectivity index (χ0n) is 9.16. The SMILES string of the molecule is O=[N+]([O-])c1ccc(OC(F)(F)F)cc1-n1ccnc1. The molecule has 0 atom stereocenters. The number of hydrogen-bond acceptors (Lipinski definition) is 4. The Morgan fingerprint density at radius 2 is 2.11 bits per heavy atom. The summed E-state index contributed by atoms with van der Waals surface area (Å²) in [4.78, 5) is 13.8. The lowest BCUT2D eigenvalue weighted by atomic mass is 10.2. The van der Waals surface area contributed by atoms with Crippen LogP contribution >= 0.6 is 0 Å². The van der Waals surface area contributed by atoms with Crippen LogP contribution in [0.2, 0.25) is 0 Å². The summed E-state index contributed by atoms with van der Waals surface area (Å²) in [6.07, 6.45) is -0.900. The van der Waals surface area contributed by atoms with Gasteiger partial charge in [0.15, 0.2) is 0 Å². The van der Waals surface area contributed by atoms with E-state index in [9.17, 15) is 23.3 Å². The van der Waals surface area contributed by atoms with Gasteiger partial charge in [-0.05, 0) is 6.07 Å². The van der Waals surface area contributed by atoms with Crippen LogP contribution in [0.15, 0.2) is 36.9 Å². The molecule has 0 aliphatic rings. The normalized spacial score (nSPS) is 11.3. The van der Waals surface area contributed by atoms with E-state index < -0.39 is 17.0 Å². The molecular weight excluding hydrogens is 267 g/mol. The van der Waals surface area contributed by atoms with Crippen LogP contribution in [0, 0.1) is 10.1 Å². The van der Waals surface area contributed by atoms with Gasteiger partial charge >= 0.3 is 6.36 Å². The van der Waals surface area contributed by atoms with Crippen molar-refractivity contribution in [2.24, 2.45) is 0 Å². The maximum Gasteiger partial charge on any atom is 0.573 e. The lowest BCUT2D eigenvalue weighted by molar-refractivity contribution is -0.384. The van der Waals surface area contributed by atoms with Crippen molar-refractivity contribution in [3.8, 4) is 11.4 Å². The van der Waals surface area contributed by atoms with E-state index in [0.29, 0.717) is 0 Å². The summed E-state index contributed by atoms with van der Waals surface area (Å²) in [6.45, 7) is 0. The number of nitrogens with zero attached hydrogens (tertiary/aromatic N) is 3. The second-order valence-corrected chi connectivity index (χ2v) is 3.43. The standard InChI is InChI=1S/C10H6F3N3O3/c11-10(12,13)19-7-1-2-8(16(17)18)9(5-7)15-4-3-14-6-15/h1-6H. The Balaban J connectivity index is 2.48. The molecule has 0 N–H and O–H groups in total. The van der Waals surface area contributed by atoms with Gasteiger partial charge in [-0.25, -0.2) is 4.98 Å². The van der Waals surface area contributed by atoms with Crippen LogP contribution in [0.5, 0.6) is 5.75 Å². The molecule has 0 fully saturated rings. The summed E-state index contributed by atoms with van der Waals surface area (Å²) in [5.74, 6) is -0.540. The number of nitro groups is 1. The van der Waals surface area contributed by atoms with Gasteiger partial charge in [0.1, 0.15) is 11.4 Å². The molecule has 9 heteroatoms. The topological polar surface area (TPSA) is 70.2 Å². The highest BCUT2D eigenvalue weighted by molar-refractivity contribution is 5.55. The molecule has 0 saturated carbocycles. The third-order valence-corrected chi connectivity index (χ3v) is 2.16. The van der Waals surface area contributed by atoms with Gasteiger partial charge in [0.25, 0.3) is 5.69 Å². The highest BCUT2D eigenvalue weighted by Crippen LogP contribution is 2.30. The maximum absolute atomic E-state index is 12.1. The van der Waals surface area contributed by atoms with E-state index in [1.807, 2.05) is 0 Å².